The van der Waals surface area contributed by atoms with Crippen LogP contribution >= 0.6 is 0 Å². The third-order valence-electron chi connectivity index (χ3n) is 4.77. The van der Waals surface area contributed by atoms with Gasteiger partial charge in [0.05, 0.1) is 37.6 Å². The minimum absolute atomic E-state index is 0.0664. The fourth-order valence-corrected chi connectivity index (χ4v) is 4.15. The molecule has 3 aromatic rings. The predicted octanol–water partition coefficient (Wildman–Crippen LogP) is 4.07. The molecule has 0 radical (unpaired) electrons. The van der Waals surface area contributed by atoms with Crippen molar-refractivity contribution in [3.63, 3.8) is 0 Å². The molecule has 1 amide bonds. The molecule has 0 aliphatic carbocycles. The first-order chi connectivity index (χ1) is 15.3. The highest BCUT2D eigenvalue weighted by Crippen LogP contribution is 2.33. The topological polar surface area (TPSA) is 103 Å². The lowest BCUT2D eigenvalue weighted by Gasteiger charge is -2.15. The van der Waals surface area contributed by atoms with Crippen molar-refractivity contribution in [2.24, 2.45) is 0 Å². The van der Waals surface area contributed by atoms with Crippen LogP contribution in [-0.2, 0) is 10.0 Å². The summed E-state index contributed by atoms with van der Waals surface area (Å²) in [4.78, 5) is 12.7. The van der Waals surface area contributed by atoms with Gasteiger partial charge in [0, 0.05) is 11.6 Å². The van der Waals surface area contributed by atoms with Gasteiger partial charge in [-0.25, -0.2) is 8.42 Å². The lowest BCUT2D eigenvalue weighted by molar-refractivity contribution is 0.102. The molecule has 9 heteroatoms. The van der Waals surface area contributed by atoms with Crippen molar-refractivity contribution < 1.29 is 27.4 Å². The highest BCUT2D eigenvalue weighted by molar-refractivity contribution is 7.92. The first kappa shape index (κ1) is 23.0. The van der Waals surface area contributed by atoms with E-state index in [1.54, 1.807) is 24.3 Å². The van der Waals surface area contributed by atoms with E-state index in [0.29, 0.717) is 22.8 Å². The van der Waals surface area contributed by atoms with Crippen LogP contribution < -0.4 is 24.2 Å². The van der Waals surface area contributed by atoms with E-state index in [0.717, 1.165) is 5.56 Å². The van der Waals surface area contributed by atoms with Crippen LogP contribution in [0.15, 0.2) is 65.6 Å². The molecule has 0 aliphatic rings. The number of methoxy groups -OCH3 is 3. The molecule has 0 aromatic heterocycles. The van der Waals surface area contributed by atoms with Gasteiger partial charge in [-0.3, -0.25) is 9.52 Å². The summed E-state index contributed by atoms with van der Waals surface area (Å²) in [6.07, 6.45) is 0. The van der Waals surface area contributed by atoms with E-state index in [2.05, 4.69) is 10.0 Å². The maximum Gasteiger partial charge on any atom is 0.262 e. The van der Waals surface area contributed by atoms with Crippen LogP contribution in [0.1, 0.15) is 15.9 Å². The van der Waals surface area contributed by atoms with Crippen LogP contribution in [0.3, 0.4) is 0 Å². The van der Waals surface area contributed by atoms with Crippen LogP contribution in [0.5, 0.6) is 17.2 Å². The summed E-state index contributed by atoms with van der Waals surface area (Å²) in [6, 6.07) is 16.1. The zero-order valence-electron chi connectivity index (χ0n) is 18.1. The van der Waals surface area contributed by atoms with E-state index in [4.69, 9.17) is 14.2 Å². The van der Waals surface area contributed by atoms with E-state index < -0.39 is 10.0 Å². The predicted molar refractivity (Wildman–Crippen MR) is 122 cm³/mol. The number of carbonyl (C=O) groups is 1. The minimum atomic E-state index is -4.02. The maximum atomic E-state index is 13.1. The van der Waals surface area contributed by atoms with E-state index in [1.807, 2.05) is 19.1 Å². The van der Waals surface area contributed by atoms with E-state index >= 15 is 0 Å². The molecule has 3 aromatic carbocycles. The van der Waals surface area contributed by atoms with Gasteiger partial charge >= 0.3 is 0 Å². The number of rotatable bonds is 8. The number of ether oxygens (including phenoxy) is 3. The molecule has 0 fully saturated rings. The molecular weight excluding hydrogens is 432 g/mol. The van der Waals surface area contributed by atoms with Crippen LogP contribution in [-0.4, -0.2) is 35.7 Å². The third-order valence-corrected chi connectivity index (χ3v) is 6.13. The average Bonchev–Trinajstić information content (AvgIpc) is 2.78. The average molecular weight is 457 g/mol. The number of carbonyl (C=O) groups excluding carboxylic acids is 1. The quantitative estimate of drug-likeness (QED) is 0.530. The van der Waals surface area contributed by atoms with Crippen LogP contribution in [0.25, 0.3) is 0 Å². The standard InChI is InChI=1S/C23H24N2O6S/c1-15-7-5-6-8-18(15)23(26)24-19-14-17(10-12-21(19)30-3)32(27,28)25-20-13-16(29-2)9-11-22(20)31-4/h5-14,25H,1-4H3,(H,24,26). The smallest absolute Gasteiger partial charge is 0.262 e. The van der Waals surface area contributed by atoms with Crippen molar-refractivity contribution in [1.82, 2.24) is 0 Å². The second-order valence-corrected chi connectivity index (χ2v) is 8.49. The van der Waals surface area contributed by atoms with Crippen molar-refractivity contribution in [1.29, 1.82) is 0 Å². The van der Waals surface area contributed by atoms with Crippen LogP contribution in [0.2, 0.25) is 0 Å². The van der Waals surface area contributed by atoms with Gasteiger partial charge in [0.25, 0.3) is 15.9 Å². The summed E-state index contributed by atoms with van der Waals surface area (Å²) in [5.41, 5.74) is 1.70. The molecule has 0 spiro atoms. The molecule has 32 heavy (non-hydrogen) atoms. The van der Waals surface area contributed by atoms with Gasteiger partial charge < -0.3 is 19.5 Å². The molecule has 0 aliphatic heterocycles. The monoisotopic (exact) mass is 456 g/mol. The lowest BCUT2D eigenvalue weighted by atomic mass is 10.1. The number of sulfonamides is 1. The van der Waals surface area contributed by atoms with Crippen molar-refractivity contribution in [2.45, 2.75) is 11.8 Å². The molecule has 8 nitrogen and oxygen atoms in total. The molecule has 0 saturated heterocycles. The van der Waals surface area contributed by atoms with Gasteiger partial charge in [-0.15, -0.1) is 0 Å². The highest BCUT2D eigenvalue weighted by atomic mass is 32.2. The van der Waals surface area contributed by atoms with E-state index in [9.17, 15) is 13.2 Å². The van der Waals surface area contributed by atoms with Gasteiger partial charge in [-0.1, -0.05) is 18.2 Å². The summed E-state index contributed by atoms with van der Waals surface area (Å²) < 4.78 is 44.3. The second kappa shape index (κ2) is 9.61. The Hall–Kier alpha value is -3.72. The fraction of sp³-hybridized carbons (Fsp3) is 0.174. The Balaban J connectivity index is 1.95. The number of nitrogens with one attached hydrogen (secondary N) is 2. The van der Waals surface area contributed by atoms with Crippen molar-refractivity contribution >= 4 is 27.3 Å². The summed E-state index contributed by atoms with van der Waals surface area (Å²) >= 11 is 0. The molecule has 0 atom stereocenters. The number of hydrogen-bond acceptors (Lipinski definition) is 6. The molecule has 0 heterocycles. The van der Waals surface area contributed by atoms with Gasteiger partial charge in [0.15, 0.2) is 0 Å². The Morgan fingerprint density at radius 2 is 1.47 bits per heavy atom. The number of anilines is 2. The summed E-state index contributed by atoms with van der Waals surface area (Å²) in [5.74, 6) is 0.739. The number of aryl methyl sites for hydroxylation is 1. The normalized spacial score (nSPS) is 10.9. The van der Waals surface area contributed by atoms with Gasteiger partial charge in [0.2, 0.25) is 0 Å². The molecule has 168 valence electrons. The maximum absolute atomic E-state index is 13.1. The molecular formula is C23H24N2O6S. The second-order valence-electron chi connectivity index (χ2n) is 6.80. The molecule has 0 unspecified atom stereocenters. The largest absolute Gasteiger partial charge is 0.497 e. The highest BCUT2D eigenvalue weighted by Gasteiger charge is 2.20. The molecule has 0 bridgehead atoms. The van der Waals surface area contributed by atoms with Crippen molar-refractivity contribution in [2.75, 3.05) is 31.4 Å². The van der Waals surface area contributed by atoms with Crippen LogP contribution in [0, 0.1) is 6.92 Å². The number of amides is 1. The zero-order valence-corrected chi connectivity index (χ0v) is 18.9. The molecule has 3 rings (SSSR count). The Labute approximate surface area is 187 Å². The van der Waals surface area contributed by atoms with Crippen LogP contribution in [0.4, 0.5) is 11.4 Å². The zero-order chi connectivity index (χ0) is 23.3. The Morgan fingerprint density at radius 1 is 0.812 bits per heavy atom. The first-order valence-electron chi connectivity index (χ1n) is 9.59. The minimum Gasteiger partial charge on any atom is -0.497 e. The van der Waals surface area contributed by atoms with E-state index in [-0.39, 0.29) is 22.2 Å². The third kappa shape index (κ3) is 4.94. The first-order valence-corrected chi connectivity index (χ1v) is 11.1. The Morgan fingerprint density at radius 3 is 2.12 bits per heavy atom. The summed E-state index contributed by atoms with van der Waals surface area (Å²) in [6.45, 7) is 1.82. The van der Waals surface area contributed by atoms with Gasteiger partial charge in [-0.2, -0.15) is 0 Å². The summed E-state index contributed by atoms with van der Waals surface area (Å²) in [7, 11) is 0.333. The fourth-order valence-electron chi connectivity index (χ4n) is 3.07. The van der Waals surface area contributed by atoms with E-state index in [1.165, 1.54) is 45.6 Å². The number of benzene rings is 3. The summed E-state index contributed by atoms with van der Waals surface area (Å²) in [5, 5.41) is 2.73. The molecule has 2 N–H and O–H groups in total. The van der Waals surface area contributed by atoms with Crippen molar-refractivity contribution in [3.05, 3.63) is 71.8 Å². The Bertz CT molecular complexity index is 1240. The lowest BCUT2D eigenvalue weighted by Crippen LogP contribution is -2.16. The van der Waals surface area contributed by atoms with Gasteiger partial charge in [0.1, 0.15) is 17.2 Å². The van der Waals surface area contributed by atoms with Crippen molar-refractivity contribution in [3.8, 4) is 17.2 Å². The Kier molecular flexibility index (Phi) is 6.89. The number of hydrogen-bond donors (Lipinski definition) is 2. The van der Waals surface area contributed by atoms with Gasteiger partial charge in [-0.05, 0) is 48.9 Å². The SMILES string of the molecule is COc1ccc(OC)c(NS(=O)(=O)c2ccc(OC)c(NC(=O)c3ccccc3C)c2)c1. The molecule has 0 saturated carbocycles.